The molecule has 14 aliphatic rings. The molecule has 0 aromatic rings. The van der Waals surface area contributed by atoms with Crippen LogP contribution in [0, 0.1) is 94.7 Å². The first-order chi connectivity index (χ1) is 57.1. The van der Waals surface area contributed by atoms with E-state index < -0.39 is 0 Å². The Morgan fingerprint density at radius 1 is 0.207 bits per heavy atom. The molecule has 10 heteroatoms. The Bertz CT molecular complexity index is 2420. The quantitative estimate of drug-likeness (QED) is 0.0333. The maximum Gasteiger partial charge on any atom is 0.0623 e. The van der Waals surface area contributed by atoms with E-state index >= 15 is 0 Å². The Hall–Kier alpha value is -0.400. The third kappa shape index (κ3) is 24.3. The highest BCUT2D eigenvalue weighted by atomic mass is 15.3. The van der Waals surface area contributed by atoms with Crippen LogP contribution in [0.3, 0.4) is 0 Å². The third-order valence-corrected chi connectivity index (χ3v) is 37.9. The average Bonchev–Trinajstić information content (AvgIpc) is 0.684. The summed E-state index contributed by atoms with van der Waals surface area (Å²) in [7, 11) is 0. The van der Waals surface area contributed by atoms with Gasteiger partial charge in [-0.25, -0.2) is 0 Å². The van der Waals surface area contributed by atoms with Crippen molar-refractivity contribution in [1.29, 1.82) is 0 Å². The zero-order valence-corrected chi connectivity index (χ0v) is 78.2. The predicted octanol–water partition coefficient (Wildman–Crippen LogP) is 25.8. The Kier molecular flexibility index (Phi) is 38.0. The summed E-state index contributed by atoms with van der Waals surface area (Å²) in [5, 5.41) is 25.9. The van der Waals surface area contributed by atoms with Crippen molar-refractivity contribution in [1.82, 2.24) is 51.5 Å². The molecule has 0 spiro atoms. The summed E-state index contributed by atoms with van der Waals surface area (Å²) >= 11 is 0. The van der Waals surface area contributed by atoms with Gasteiger partial charge in [-0.2, -0.15) is 0 Å². The lowest BCUT2D eigenvalue weighted by molar-refractivity contribution is -0.231. The summed E-state index contributed by atoms with van der Waals surface area (Å²) in [4.78, 5) is 14.8. The van der Waals surface area contributed by atoms with Gasteiger partial charge in [-0.1, -0.05) is 235 Å². The van der Waals surface area contributed by atoms with E-state index in [9.17, 15) is 0 Å². The van der Waals surface area contributed by atoms with Crippen LogP contribution in [-0.4, -0.2) is 131 Å². The Labute approximate surface area is 719 Å². The number of hydrogen-bond acceptors (Lipinski definition) is 10. The lowest BCUT2D eigenvalue weighted by Crippen LogP contribution is -2.77. The minimum atomic E-state index is 0.372. The van der Waals surface area contributed by atoms with E-state index in [0.29, 0.717) is 60.2 Å². The number of nitrogens with one attached hydrogen (secondary N) is 6. The fraction of sp³-hybridized carbons (Fsp3) is 1.00. The molecule has 0 radical (unpaired) electrons. The molecular weight excluding hydrogens is 1410 g/mol. The Morgan fingerprint density at radius 2 is 0.414 bits per heavy atom. The second-order valence-electron chi connectivity index (χ2n) is 45.5. The fourth-order valence-corrected chi connectivity index (χ4v) is 31.5. The highest BCUT2D eigenvalue weighted by molar-refractivity contribution is 5.21. The van der Waals surface area contributed by atoms with Gasteiger partial charge in [0.25, 0.3) is 0 Å². The highest BCUT2D eigenvalue weighted by Gasteiger charge is 2.69. The molecule has 10 nitrogen and oxygen atoms in total. The summed E-state index contributed by atoms with van der Waals surface area (Å²) in [5.74, 6) is 12.9. The summed E-state index contributed by atoms with van der Waals surface area (Å²) in [6.45, 7) is 24.2. The topological polar surface area (TPSA) is 85.1 Å². The molecule has 14 rings (SSSR count). The molecule has 12 aliphatic carbocycles. The summed E-state index contributed by atoms with van der Waals surface area (Å²) in [5.41, 5.74) is 0. The van der Waals surface area contributed by atoms with E-state index in [1.165, 1.54) is 411 Å². The lowest BCUT2D eigenvalue weighted by atomic mass is 9.40. The van der Waals surface area contributed by atoms with Gasteiger partial charge in [0.15, 0.2) is 0 Å². The number of rotatable bonds is 42. The third-order valence-electron chi connectivity index (χ3n) is 37.9. The van der Waals surface area contributed by atoms with Crippen molar-refractivity contribution in [3.8, 4) is 0 Å². The molecule has 2 saturated heterocycles. The van der Waals surface area contributed by atoms with E-state index in [2.05, 4.69) is 107 Å². The number of unbranched alkanes of at least 4 members (excludes halogenated alkanes) is 20. The molecule has 670 valence electrons. The van der Waals surface area contributed by atoms with Gasteiger partial charge in [0.2, 0.25) is 0 Å². The highest BCUT2D eigenvalue weighted by Crippen LogP contribution is 2.68. The monoisotopic (exact) mass is 1610 g/mol. The average molecular weight is 1610 g/mol. The first-order valence-corrected chi connectivity index (χ1v) is 54.5. The SMILES string of the molecule is CCCCCCCCC1CCC(N(C2CCC(C)CC2)C2CC(N(C3CCC(C)CC3)C3CCC(CCCCCCCC)CC3)C3C(C4NCNCN4)CC4C5C3C2CC(C2NCNCN2)C5C(N(C2CCC(C)CC2)C2CCC(CCCCCCCC)CC2)CC4N(C2CCC(C)CC2)C2CCC(CCCCCCCC)CC2)CC1. The first kappa shape index (κ1) is 91.8. The maximum absolute atomic E-state index is 4.52. The van der Waals surface area contributed by atoms with Crippen LogP contribution in [-0.2, 0) is 0 Å². The molecule has 14 fully saturated rings. The molecule has 2 heterocycles. The van der Waals surface area contributed by atoms with E-state index in [1.54, 1.807) is 0 Å². The number of hydrogen-bond donors (Lipinski definition) is 6. The lowest BCUT2D eigenvalue weighted by Gasteiger charge is -2.72. The molecular formula is C106H196N10. The van der Waals surface area contributed by atoms with E-state index in [0.717, 1.165) is 146 Å². The zero-order chi connectivity index (χ0) is 80.0. The van der Waals surface area contributed by atoms with Crippen molar-refractivity contribution in [3.05, 3.63) is 0 Å². The van der Waals surface area contributed by atoms with Gasteiger partial charge in [-0.05, 0) is 326 Å². The minimum absolute atomic E-state index is 0.372. The van der Waals surface area contributed by atoms with Crippen molar-refractivity contribution in [3.63, 3.8) is 0 Å². The molecule has 116 heavy (non-hydrogen) atoms. The Morgan fingerprint density at radius 3 is 0.647 bits per heavy atom. The van der Waals surface area contributed by atoms with Crippen molar-refractivity contribution in [2.45, 2.75) is 551 Å². The van der Waals surface area contributed by atoms with E-state index in [-0.39, 0.29) is 0 Å². The molecule has 0 aromatic heterocycles. The largest absolute Gasteiger partial charge is 0.294 e. The van der Waals surface area contributed by atoms with E-state index in [1.807, 2.05) is 0 Å². The summed E-state index contributed by atoms with van der Waals surface area (Å²) in [6.07, 6.45) is 94.6. The molecule has 12 saturated carbocycles. The molecule has 12 atom stereocenters. The van der Waals surface area contributed by atoms with Gasteiger partial charge >= 0.3 is 0 Å². The Balaban J connectivity index is 0.927. The van der Waals surface area contributed by atoms with Crippen molar-refractivity contribution in [2.24, 2.45) is 94.7 Å². The molecule has 12 unspecified atom stereocenters. The number of nitrogens with zero attached hydrogens (tertiary/aromatic N) is 4. The molecule has 6 N–H and O–H groups in total. The van der Waals surface area contributed by atoms with Gasteiger partial charge in [0.05, 0.1) is 12.3 Å². The van der Waals surface area contributed by atoms with Crippen LogP contribution in [0.5, 0.6) is 0 Å². The van der Waals surface area contributed by atoms with Gasteiger partial charge < -0.3 is 0 Å². The van der Waals surface area contributed by atoms with Crippen LogP contribution in [0.1, 0.15) is 466 Å². The molecule has 0 amide bonds. The second-order valence-corrected chi connectivity index (χ2v) is 45.5. The van der Waals surface area contributed by atoms with Crippen molar-refractivity contribution in [2.75, 3.05) is 26.7 Å². The van der Waals surface area contributed by atoms with Crippen molar-refractivity contribution >= 4 is 0 Å². The van der Waals surface area contributed by atoms with Gasteiger partial charge in [-0.3, -0.25) is 51.5 Å². The summed E-state index contributed by atoms with van der Waals surface area (Å²) < 4.78 is 0. The summed E-state index contributed by atoms with van der Waals surface area (Å²) in [6, 6.07) is 8.60. The van der Waals surface area contributed by atoms with Crippen LogP contribution < -0.4 is 31.9 Å². The fourth-order valence-electron chi connectivity index (χ4n) is 31.5. The van der Waals surface area contributed by atoms with Crippen LogP contribution in [0.4, 0.5) is 0 Å². The van der Waals surface area contributed by atoms with Gasteiger partial charge in [0.1, 0.15) is 0 Å². The van der Waals surface area contributed by atoms with Gasteiger partial charge in [0, 0.05) is 99.2 Å². The predicted molar refractivity (Wildman–Crippen MR) is 495 cm³/mol. The smallest absolute Gasteiger partial charge is 0.0623 e. The van der Waals surface area contributed by atoms with Gasteiger partial charge in [-0.15, -0.1) is 0 Å². The van der Waals surface area contributed by atoms with Crippen LogP contribution >= 0.6 is 0 Å². The minimum Gasteiger partial charge on any atom is -0.294 e. The van der Waals surface area contributed by atoms with Crippen LogP contribution in [0.2, 0.25) is 0 Å². The zero-order valence-electron chi connectivity index (χ0n) is 78.2. The first-order valence-electron chi connectivity index (χ1n) is 54.5. The second kappa shape index (κ2) is 48.0. The molecule has 0 aromatic carbocycles. The van der Waals surface area contributed by atoms with E-state index in [4.69, 9.17) is 0 Å². The standard InChI is InChI=1S/C106H196N10/c1-9-13-17-21-25-29-33-81-45-61-89(62-46-81)113(85-53-37-77(5)38-54-85)97-71-99(115(87-57-41-79(7)42-58-87)91-65-49-83(50-66-91)35-31-27-23-19-15-11-3)101-96(106-111-75-108-76-112-106)70-94-98(114(86-55-39-78(6)40-56-86)90-63-47-82(48-64-90)34-30-26-22-18-14-10-2)72-100(102-95(105-109-73-107-74-110-105)69-93(97)103(101)104(94)102)116(88-59-43-80(8)44-60-88)92-67-51-84(52-68-92)36-32-28-24-20-16-12-4/h77-112H,9-76H2,1-8H3. The van der Waals surface area contributed by atoms with Crippen LogP contribution in [0.15, 0.2) is 0 Å². The maximum atomic E-state index is 4.52. The molecule has 0 bridgehead atoms. The van der Waals surface area contributed by atoms with Crippen LogP contribution in [0.25, 0.3) is 0 Å². The van der Waals surface area contributed by atoms with Crippen molar-refractivity contribution < 1.29 is 0 Å². The normalized spacial score (nSPS) is 40.6. The molecule has 2 aliphatic heterocycles.